The third kappa shape index (κ3) is 13.2. The van der Waals surface area contributed by atoms with Crippen LogP contribution in [-0.2, 0) is 57.7 Å². The average molecular weight is 557 g/mol. The quantitative estimate of drug-likeness (QED) is 0.104. The second kappa shape index (κ2) is 15.3. The minimum atomic E-state index is -4.13. The predicted octanol–water partition coefficient (Wildman–Crippen LogP) is -1.34. The van der Waals surface area contributed by atoms with E-state index in [0.717, 1.165) is 27.7 Å². The lowest BCUT2D eigenvalue weighted by molar-refractivity contribution is -0.307. The lowest BCUT2D eigenvalue weighted by Crippen LogP contribution is -2.63. The van der Waals surface area contributed by atoms with Gasteiger partial charge in [-0.05, 0) is 6.42 Å². The van der Waals surface area contributed by atoms with E-state index >= 15 is 0 Å². The standard InChI is InChI=1S/C20H32N2O14S/c1-11(23)32-10-15-16(33-12(2)24)17(34-13(3)25)18(35-14(4)26)19(36-15)31-8-7-22-20(27)21-6-5-9-37(28,29)30/h15-19H,5-10H2,1-4H3,(H2,21,22,27)(H,28,29,30)/t15-,16-,17+,18-,19?/m1/s1. The van der Waals surface area contributed by atoms with Gasteiger partial charge in [0.2, 0.25) is 0 Å². The Bertz CT molecular complexity index is 924. The third-order valence-electron chi connectivity index (χ3n) is 4.48. The van der Waals surface area contributed by atoms with Crippen LogP contribution in [0.1, 0.15) is 34.1 Å². The number of urea groups is 1. The van der Waals surface area contributed by atoms with Crippen molar-refractivity contribution in [2.24, 2.45) is 0 Å². The first-order valence-electron chi connectivity index (χ1n) is 11.1. The van der Waals surface area contributed by atoms with Gasteiger partial charge in [0.1, 0.15) is 12.7 Å². The molecule has 0 saturated carbocycles. The van der Waals surface area contributed by atoms with Crippen molar-refractivity contribution < 1.29 is 65.4 Å². The zero-order valence-electron chi connectivity index (χ0n) is 20.8. The highest BCUT2D eigenvalue weighted by Crippen LogP contribution is 2.29. The molecule has 212 valence electrons. The molecule has 1 unspecified atom stereocenters. The molecule has 0 bridgehead atoms. The highest BCUT2D eigenvalue weighted by atomic mass is 32.2. The Balaban J connectivity index is 2.89. The van der Waals surface area contributed by atoms with Crippen molar-refractivity contribution in [3.05, 3.63) is 0 Å². The minimum absolute atomic E-state index is 0.00646. The summed E-state index contributed by atoms with van der Waals surface area (Å²) in [4.78, 5) is 58.4. The van der Waals surface area contributed by atoms with E-state index < -0.39 is 83.1 Å². The maximum atomic E-state index is 11.8. The first kappa shape index (κ1) is 32.0. The van der Waals surface area contributed by atoms with Crippen LogP contribution < -0.4 is 10.6 Å². The van der Waals surface area contributed by atoms with Crippen molar-refractivity contribution in [2.45, 2.75) is 64.8 Å². The van der Waals surface area contributed by atoms with E-state index in [9.17, 15) is 32.4 Å². The number of ether oxygens (including phenoxy) is 6. The number of nitrogens with one attached hydrogen (secondary N) is 2. The van der Waals surface area contributed by atoms with Gasteiger partial charge in [-0.25, -0.2) is 4.79 Å². The smallest absolute Gasteiger partial charge is 0.314 e. The molecule has 2 amide bonds. The molecule has 0 aromatic heterocycles. The van der Waals surface area contributed by atoms with Crippen LogP contribution >= 0.6 is 0 Å². The molecule has 0 aromatic carbocycles. The van der Waals surface area contributed by atoms with Gasteiger partial charge in [-0.2, -0.15) is 8.42 Å². The van der Waals surface area contributed by atoms with Crippen molar-refractivity contribution in [2.75, 3.05) is 32.1 Å². The summed E-state index contributed by atoms with van der Waals surface area (Å²) in [6, 6.07) is -0.652. The van der Waals surface area contributed by atoms with E-state index in [0.29, 0.717) is 0 Å². The molecule has 1 saturated heterocycles. The van der Waals surface area contributed by atoms with Gasteiger partial charge in [-0.1, -0.05) is 0 Å². The molecule has 37 heavy (non-hydrogen) atoms. The van der Waals surface area contributed by atoms with E-state index in [1.54, 1.807) is 0 Å². The van der Waals surface area contributed by atoms with E-state index in [-0.39, 0.29) is 26.1 Å². The number of carbonyl (C=O) groups is 5. The Hall–Kier alpha value is -3.02. The topological polar surface area (TPSA) is 219 Å². The van der Waals surface area contributed by atoms with Crippen molar-refractivity contribution in [1.82, 2.24) is 10.6 Å². The summed E-state index contributed by atoms with van der Waals surface area (Å²) in [6.07, 6.45) is -6.67. The third-order valence-corrected chi connectivity index (χ3v) is 5.29. The molecule has 3 N–H and O–H groups in total. The molecule has 1 rings (SSSR count). The predicted molar refractivity (Wildman–Crippen MR) is 120 cm³/mol. The lowest BCUT2D eigenvalue weighted by Gasteiger charge is -2.44. The van der Waals surface area contributed by atoms with Gasteiger partial charge in [-0.15, -0.1) is 0 Å². The molecular formula is C20H32N2O14S. The van der Waals surface area contributed by atoms with E-state index in [4.69, 9.17) is 33.0 Å². The van der Waals surface area contributed by atoms with E-state index in [1.165, 1.54) is 0 Å². The van der Waals surface area contributed by atoms with E-state index in [2.05, 4.69) is 10.6 Å². The second-order valence-corrected chi connectivity index (χ2v) is 9.33. The maximum Gasteiger partial charge on any atom is 0.314 e. The van der Waals surface area contributed by atoms with Gasteiger partial charge < -0.3 is 39.1 Å². The second-order valence-electron chi connectivity index (χ2n) is 7.76. The lowest BCUT2D eigenvalue weighted by atomic mass is 9.98. The number of hydrogen-bond donors (Lipinski definition) is 3. The summed E-state index contributed by atoms with van der Waals surface area (Å²) in [5.41, 5.74) is 0. The molecule has 1 aliphatic heterocycles. The van der Waals surface area contributed by atoms with Gasteiger partial charge in [0.05, 0.1) is 12.4 Å². The molecule has 0 aliphatic carbocycles. The molecule has 17 heteroatoms. The fraction of sp³-hybridized carbons (Fsp3) is 0.750. The molecule has 0 aromatic rings. The summed E-state index contributed by atoms with van der Waals surface area (Å²) in [6.45, 7) is 3.68. The highest BCUT2D eigenvalue weighted by Gasteiger charge is 2.52. The van der Waals surface area contributed by atoms with Crippen molar-refractivity contribution in [3.63, 3.8) is 0 Å². The average Bonchev–Trinajstić information content (AvgIpc) is 2.75. The monoisotopic (exact) mass is 556 g/mol. The van der Waals surface area contributed by atoms with Gasteiger partial charge in [-0.3, -0.25) is 23.7 Å². The number of hydrogen-bond acceptors (Lipinski definition) is 13. The Morgan fingerprint density at radius 1 is 0.811 bits per heavy atom. The number of amides is 2. The zero-order chi connectivity index (χ0) is 28.2. The Morgan fingerprint density at radius 2 is 1.35 bits per heavy atom. The molecule has 16 nitrogen and oxygen atoms in total. The molecule has 0 spiro atoms. The van der Waals surface area contributed by atoms with Crippen LogP contribution in [0.4, 0.5) is 4.79 Å². The Labute approximate surface area is 213 Å². The molecule has 0 radical (unpaired) electrons. The van der Waals surface area contributed by atoms with Crippen LogP contribution in [0.2, 0.25) is 0 Å². The van der Waals surface area contributed by atoms with Gasteiger partial charge in [0, 0.05) is 40.8 Å². The minimum Gasteiger partial charge on any atom is -0.463 e. The fourth-order valence-corrected chi connectivity index (χ4v) is 3.69. The Morgan fingerprint density at radius 3 is 1.89 bits per heavy atom. The van der Waals surface area contributed by atoms with Crippen molar-refractivity contribution in [1.29, 1.82) is 0 Å². The first-order valence-corrected chi connectivity index (χ1v) is 12.7. The molecule has 1 aliphatic rings. The molecule has 1 heterocycles. The highest BCUT2D eigenvalue weighted by molar-refractivity contribution is 7.85. The van der Waals surface area contributed by atoms with Gasteiger partial charge in [0.25, 0.3) is 10.1 Å². The summed E-state index contributed by atoms with van der Waals surface area (Å²) >= 11 is 0. The number of esters is 4. The summed E-state index contributed by atoms with van der Waals surface area (Å²) in [7, 11) is -4.13. The summed E-state index contributed by atoms with van der Waals surface area (Å²) in [5.74, 6) is -3.54. The summed E-state index contributed by atoms with van der Waals surface area (Å²) in [5, 5.41) is 4.81. The van der Waals surface area contributed by atoms with Crippen molar-refractivity contribution >= 4 is 40.0 Å². The number of carbonyl (C=O) groups excluding carboxylic acids is 5. The van der Waals surface area contributed by atoms with Crippen LogP contribution in [0.5, 0.6) is 0 Å². The SMILES string of the molecule is CC(=O)OC[C@H]1OC(OCCNC(=O)NCCCS(=O)(=O)O)[C@H](OC(C)=O)[C@@H](OC(C)=O)[C@@H]1OC(C)=O. The fourth-order valence-electron chi connectivity index (χ4n) is 3.18. The van der Waals surface area contributed by atoms with Crippen LogP contribution in [0.15, 0.2) is 0 Å². The van der Waals surface area contributed by atoms with Crippen LogP contribution in [0.25, 0.3) is 0 Å². The largest absolute Gasteiger partial charge is 0.463 e. The number of rotatable bonds is 13. The van der Waals surface area contributed by atoms with Crippen LogP contribution in [-0.4, -0.2) is 106 Å². The summed E-state index contributed by atoms with van der Waals surface area (Å²) < 4.78 is 62.1. The molecule has 5 atom stereocenters. The normalized spacial score (nSPS) is 23.3. The van der Waals surface area contributed by atoms with Crippen LogP contribution in [0, 0.1) is 0 Å². The molecular weight excluding hydrogens is 524 g/mol. The molecule has 1 fully saturated rings. The zero-order valence-corrected chi connectivity index (χ0v) is 21.6. The van der Waals surface area contributed by atoms with Gasteiger partial charge in [0.15, 0.2) is 24.6 Å². The van der Waals surface area contributed by atoms with Crippen LogP contribution in [0.3, 0.4) is 0 Å². The van der Waals surface area contributed by atoms with Gasteiger partial charge >= 0.3 is 29.9 Å². The van der Waals surface area contributed by atoms with E-state index in [1.807, 2.05) is 0 Å². The Kier molecular flexibility index (Phi) is 13.2. The maximum absolute atomic E-state index is 11.8. The first-order chi connectivity index (χ1) is 17.2. The van der Waals surface area contributed by atoms with Crippen molar-refractivity contribution in [3.8, 4) is 0 Å².